The van der Waals surface area contributed by atoms with Crippen LogP contribution in [-0.2, 0) is 0 Å². The van der Waals surface area contributed by atoms with Gasteiger partial charge in [0.05, 0.1) is 14.2 Å². The number of thioether (sulfide) groups is 1. The number of nitrogens with zero attached hydrogens (tertiary/aromatic N) is 1. The molecule has 0 saturated carbocycles. The van der Waals surface area contributed by atoms with E-state index in [9.17, 15) is 0 Å². The van der Waals surface area contributed by atoms with Crippen molar-refractivity contribution in [2.45, 2.75) is 10.9 Å². The van der Waals surface area contributed by atoms with Gasteiger partial charge < -0.3 is 14.8 Å². The first kappa shape index (κ1) is 15.7. The zero-order valence-electron chi connectivity index (χ0n) is 12.5. The van der Waals surface area contributed by atoms with Crippen molar-refractivity contribution in [2.75, 3.05) is 27.0 Å². The van der Waals surface area contributed by atoms with Gasteiger partial charge in [0, 0.05) is 40.7 Å². The Morgan fingerprint density at radius 1 is 1.14 bits per heavy atom. The number of rotatable bonds is 7. The lowest BCUT2D eigenvalue weighted by Crippen LogP contribution is -2.19. The molecule has 2 aromatic rings. The maximum Gasteiger partial charge on any atom is 0.127 e. The number of hydrogen-bond acceptors (Lipinski definition) is 5. The van der Waals surface area contributed by atoms with Crippen molar-refractivity contribution in [3.8, 4) is 11.5 Å². The Hall–Kier alpha value is -1.72. The Bertz CT molecular complexity index is 563. The zero-order chi connectivity index (χ0) is 15.1. The largest absolute Gasteiger partial charge is 0.497 e. The molecule has 2 rings (SSSR count). The molecule has 0 aliphatic heterocycles. The summed E-state index contributed by atoms with van der Waals surface area (Å²) in [6, 6.07) is 10.1. The first-order chi connectivity index (χ1) is 10.3. The SMILES string of the molecule is CNC(CSc1ccncc1)c1ccc(OC)cc1OC. The van der Waals surface area contributed by atoms with Crippen LogP contribution in [0.2, 0.25) is 0 Å². The molecule has 112 valence electrons. The molecule has 21 heavy (non-hydrogen) atoms. The summed E-state index contributed by atoms with van der Waals surface area (Å²) >= 11 is 1.79. The molecule has 0 spiro atoms. The van der Waals surface area contributed by atoms with Crippen LogP contribution in [0.3, 0.4) is 0 Å². The molecule has 1 unspecified atom stereocenters. The molecule has 0 saturated heterocycles. The van der Waals surface area contributed by atoms with Crippen LogP contribution in [0, 0.1) is 0 Å². The van der Waals surface area contributed by atoms with Gasteiger partial charge in [-0.3, -0.25) is 4.98 Å². The van der Waals surface area contributed by atoms with Gasteiger partial charge in [0.2, 0.25) is 0 Å². The number of nitrogens with one attached hydrogen (secondary N) is 1. The molecule has 1 aromatic carbocycles. The molecule has 1 aromatic heterocycles. The molecule has 0 aliphatic rings. The number of hydrogen-bond donors (Lipinski definition) is 1. The lowest BCUT2D eigenvalue weighted by Gasteiger charge is -2.19. The van der Waals surface area contributed by atoms with E-state index < -0.39 is 0 Å². The van der Waals surface area contributed by atoms with Crippen LogP contribution in [0.5, 0.6) is 11.5 Å². The fourth-order valence-electron chi connectivity index (χ4n) is 2.05. The van der Waals surface area contributed by atoms with Crippen molar-refractivity contribution < 1.29 is 9.47 Å². The Labute approximate surface area is 129 Å². The summed E-state index contributed by atoms with van der Waals surface area (Å²) in [5.74, 6) is 2.54. The van der Waals surface area contributed by atoms with Crippen LogP contribution in [0.15, 0.2) is 47.6 Å². The van der Waals surface area contributed by atoms with Gasteiger partial charge >= 0.3 is 0 Å². The lowest BCUT2D eigenvalue weighted by molar-refractivity contribution is 0.387. The van der Waals surface area contributed by atoms with Crippen molar-refractivity contribution in [2.24, 2.45) is 0 Å². The Morgan fingerprint density at radius 3 is 2.52 bits per heavy atom. The summed E-state index contributed by atoms with van der Waals surface area (Å²) in [6.45, 7) is 0. The number of benzene rings is 1. The van der Waals surface area contributed by atoms with Crippen molar-refractivity contribution >= 4 is 11.8 Å². The summed E-state index contributed by atoms with van der Waals surface area (Å²) < 4.78 is 10.7. The maximum atomic E-state index is 5.48. The van der Waals surface area contributed by atoms with Crippen LogP contribution in [0.25, 0.3) is 0 Å². The van der Waals surface area contributed by atoms with Crippen molar-refractivity contribution in [1.29, 1.82) is 0 Å². The molecule has 1 N–H and O–H groups in total. The normalized spacial score (nSPS) is 12.0. The molecule has 0 fully saturated rings. The smallest absolute Gasteiger partial charge is 0.127 e. The Balaban J connectivity index is 2.13. The fraction of sp³-hybridized carbons (Fsp3) is 0.312. The topological polar surface area (TPSA) is 43.4 Å². The molecule has 5 heteroatoms. The standard InChI is InChI=1S/C16H20N2O2S/c1-17-15(11-21-13-6-8-18-9-7-13)14-5-4-12(19-2)10-16(14)20-3/h4-10,15,17H,11H2,1-3H3. The van der Waals surface area contributed by atoms with E-state index >= 15 is 0 Å². The molecule has 0 aliphatic carbocycles. The first-order valence-corrected chi connectivity index (χ1v) is 7.69. The molecule has 0 bridgehead atoms. The summed E-state index contributed by atoms with van der Waals surface area (Å²) in [5.41, 5.74) is 1.13. The minimum absolute atomic E-state index is 0.198. The van der Waals surface area contributed by atoms with Crippen LogP contribution in [0.1, 0.15) is 11.6 Å². The third kappa shape index (κ3) is 4.12. The van der Waals surface area contributed by atoms with Crippen LogP contribution >= 0.6 is 11.8 Å². The van der Waals surface area contributed by atoms with Crippen molar-refractivity contribution in [3.63, 3.8) is 0 Å². The summed E-state index contributed by atoms with van der Waals surface area (Å²) in [4.78, 5) is 5.24. The molecule has 1 heterocycles. The van der Waals surface area contributed by atoms with Crippen LogP contribution in [-0.4, -0.2) is 32.0 Å². The highest BCUT2D eigenvalue weighted by Gasteiger charge is 2.15. The van der Waals surface area contributed by atoms with E-state index in [0.717, 1.165) is 22.8 Å². The quantitative estimate of drug-likeness (QED) is 0.796. The lowest BCUT2D eigenvalue weighted by atomic mass is 10.1. The van der Waals surface area contributed by atoms with E-state index in [-0.39, 0.29) is 6.04 Å². The van der Waals surface area contributed by atoms with Gasteiger partial charge in [-0.25, -0.2) is 0 Å². The predicted octanol–water partition coefficient (Wildman–Crippen LogP) is 3.15. The van der Waals surface area contributed by atoms with E-state index in [1.165, 1.54) is 4.90 Å². The van der Waals surface area contributed by atoms with Crippen molar-refractivity contribution in [3.05, 3.63) is 48.3 Å². The second-order valence-corrected chi connectivity index (χ2v) is 5.54. The second-order valence-electron chi connectivity index (χ2n) is 4.44. The highest BCUT2D eigenvalue weighted by atomic mass is 32.2. The van der Waals surface area contributed by atoms with E-state index in [0.29, 0.717) is 0 Å². The molecule has 4 nitrogen and oxygen atoms in total. The summed E-state index contributed by atoms with van der Waals surface area (Å²) in [6.07, 6.45) is 3.62. The molecule has 1 atom stereocenters. The van der Waals surface area contributed by atoms with Crippen molar-refractivity contribution in [1.82, 2.24) is 10.3 Å². The third-order valence-electron chi connectivity index (χ3n) is 3.23. The van der Waals surface area contributed by atoms with Crippen LogP contribution < -0.4 is 14.8 Å². The second kappa shape index (κ2) is 7.90. The van der Waals surface area contributed by atoms with E-state index in [4.69, 9.17) is 9.47 Å². The van der Waals surface area contributed by atoms with E-state index in [2.05, 4.69) is 10.3 Å². The number of methoxy groups -OCH3 is 2. The number of pyridine rings is 1. The number of ether oxygens (including phenoxy) is 2. The van der Waals surface area contributed by atoms with Gasteiger partial charge in [-0.15, -0.1) is 11.8 Å². The minimum atomic E-state index is 0.198. The molecule has 0 radical (unpaired) electrons. The highest BCUT2D eigenvalue weighted by Crippen LogP contribution is 2.32. The molecule has 0 amide bonds. The predicted molar refractivity (Wildman–Crippen MR) is 86.3 cm³/mol. The Morgan fingerprint density at radius 2 is 1.90 bits per heavy atom. The van der Waals surface area contributed by atoms with Gasteiger partial charge in [-0.05, 0) is 25.2 Å². The third-order valence-corrected chi connectivity index (χ3v) is 4.34. The zero-order valence-corrected chi connectivity index (χ0v) is 13.3. The fourth-order valence-corrected chi connectivity index (χ4v) is 3.07. The first-order valence-electron chi connectivity index (χ1n) is 6.70. The average Bonchev–Trinajstić information content (AvgIpc) is 2.56. The maximum absolute atomic E-state index is 5.48. The van der Waals surface area contributed by atoms with Gasteiger partial charge in [0.25, 0.3) is 0 Å². The van der Waals surface area contributed by atoms with E-state index in [1.807, 2.05) is 49.8 Å². The summed E-state index contributed by atoms with van der Waals surface area (Å²) in [7, 11) is 5.30. The van der Waals surface area contributed by atoms with Crippen LogP contribution in [0.4, 0.5) is 0 Å². The average molecular weight is 304 g/mol. The van der Waals surface area contributed by atoms with E-state index in [1.54, 1.807) is 26.0 Å². The minimum Gasteiger partial charge on any atom is -0.497 e. The number of aromatic nitrogens is 1. The molecular weight excluding hydrogens is 284 g/mol. The monoisotopic (exact) mass is 304 g/mol. The highest BCUT2D eigenvalue weighted by molar-refractivity contribution is 7.99. The van der Waals surface area contributed by atoms with Gasteiger partial charge in [-0.2, -0.15) is 0 Å². The molecular formula is C16H20N2O2S. The Kier molecular flexibility index (Phi) is 5.90. The van der Waals surface area contributed by atoms with Gasteiger partial charge in [0.1, 0.15) is 11.5 Å². The van der Waals surface area contributed by atoms with Gasteiger partial charge in [0.15, 0.2) is 0 Å². The summed E-state index contributed by atoms with van der Waals surface area (Å²) in [5, 5.41) is 3.34. The van der Waals surface area contributed by atoms with Gasteiger partial charge in [-0.1, -0.05) is 6.07 Å².